The van der Waals surface area contributed by atoms with E-state index in [9.17, 15) is 8.42 Å². The zero-order valence-electron chi connectivity index (χ0n) is 22.4. The number of rotatable bonds is 11. The molecule has 2 heterocycles. The lowest BCUT2D eigenvalue weighted by Gasteiger charge is -2.21. The molecule has 14 heteroatoms. The number of anilines is 1. The standard InChI is InChI=1S/C25H30ClN7O5S/c1-15(26)14-28-23(27-4)16(2)17(3)39(34,35)32-25-31-30-24(18-10-8-13-21(29-18)38-7)33(25)22-19(36-5)11-9-12-20(22)37-6/h8-14,16-17H,4H2,1-3,5-7H3,(H,31,32)/b15-14+,28-23-/t16-,17-/m0/s1. The number of hydrogen-bond donors (Lipinski definition) is 1. The van der Waals surface area contributed by atoms with Crippen molar-refractivity contribution in [3.05, 3.63) is 47.6 Å². The Kier molecular flexibility index (Phi) is 9.65. The lowest BCUT2D eigenvalue weighted by atomic mass is 10.1. The van der Waals surface area contributed by atoms with Gasteiger partial charge in [0.25, 0.3) is 0 Å². The average molecular weight is 576 g/mol. The van der Waals surface area contributed by atoms with Crippen LogP contribution in [0.4, 0.5) is 5.95 Å². The number of halogens is 1. The molecular formula is C25H30ClN7O5S. The van der Waals surface area contributed by atoms with Gasteiger partial charge in [0.15, 0.2) is 5.82 Å². The van der Waals surface area contributed by atoms with Crippen molar-refractivity contribution in [3.63, 3.8) is 0 Å². The Morgan fingerprint density at radius 3 is 2.28 bits per heavy atom. The molecule has 0 saturated heterocycles. The van der Waals surface area contributed by atoms with Crippen molar-refractivity contribution >= 4 is 40.1 Å². The minimum absolute atomic E-state index is 0.113. The summed E-state index contributed by atoms with van der Waals surface area (Å²) in [6.07, 6.45) is 1.38. The van der Waals surface area contributed by atoms with Crippen LogP contribution in [0.25, 0.3) is 17.2 Å². The van der Waals surface area contributed by atoms with Gasteiger partial charge in [-0.3, -0.25) is 9.29 Å². The largest absolute Gasteiger partial charge is 0.494 e. The van der Waals surface area contributed by atoms with E-state index in [1.165, 1.54) is 39.0 Å². The summed E-state index contributed by atoms with van der Waals surface area (Å²) in [5.74, 6) is 0.766. The number of allylic oxidation sites excluding steroid dienone is 1. The van der Waals surface area contributed by atoms with Gasteiger partial charge in [0, 0.05) is 23.2 Å². The van der Waals surface area contributed by atoms with Crippen LogP contribution >= 0.6 is 11.6 Å². The van der Waals surface area contributed by atoms with E-state index in [1.54, 1.807) is 50.2 Å². The fourth-order valence-electron chi connectivity index (χ4n) is 3.59. The van der Waals surface area contributed by atoms with Crippen molar-refractivity contribution in [2.75, 3.05) is 26.1 Å². The summed E-state index contributed by atoms with van der Waals surface area (Å²) in [6, 6.07) is 10.2. The number of nitrogens with one attached hydrogen (secondary N) is 1. The number of methoxy groups -OCH3 is 3. The van der Waals surface area contributed by atoms with Gasteiger partial charge >= 0.3 is 0 Å². The van der Waals surface area contributed by atoms with Gasteiger partial charge in [-0.2, -0.15) is 0 Å². The predicted octanol–water partition coefficient (Wildman–Crippen LogP) is 4.32. The van der Waals surface area contributed by atoms with Crippen molar-refractivity contribution in [2.24, 2.45) is 15.9 Å². The summed E-state index contributed by atoms with van der Waals surface area (Å²) >= 11 is 5.87. The number of pyridine rings is 1. The first-order valence-electron chi connectivity index (χ1n) is 11.6. The molecule has 0 radical (unpaired) electrons. The highest BCUT2D eigenvalue weighted by molar-refractivity contribution is 7.93. The van der Waals surface area contributed by atoms with Crippen molar-refractivity contribution in [3.8, 4) is 34.6 Å². The molecule has 0 aliphatic carbocycles. The normalized spacial score (nSPS) is 13.9. The van der Waals surface area contributed by atoms with Crippen LogP contribution in [-0.2, 0) is 10.0 Å². The minimum atomic E-state index is -4.08. The summed E-state index contributed by atoms with van der Waals surface area (Å²) in [5.41, 5.74) is 0.735. The lowest BCUT2D eigenvalue weighted by molar-refractivity contribution is 0.391. The van der Waals surface area contributed by atoms with E-state index in [4.69, 9.17) is 25.8 Å². The summed E-state index contributed by atoms with van der Waals surface area (Å²) in [7, 11) is 0.380. The zero-order valence-corrected chi connectivity index (χ0v) is 24.0. The first-order chi connectivity index (χ1) is 18.6. The van der Waals surface area contributed by atoms with Crippen LogP contribution < -0.4 is 18.9 Å². The van der Waals surface area contributed by atoms with Crippen LogP contribution in [-0.4, -0.2) is 67.3 Å². The van der Waals surface area contributed by atoms with E-state index in [0.29, 0.717) is 33.8 Å². The van der Waals surface area contributed by atoms with Crippen molar-refractivity contribution in [1.82, 2.24) is 19.7 Å². The molecule has 0 aliphatic heterocycles. The molecular weight excluding hydrogens is 546 g/mol. The molecule has 1 aromatic carbocycles. The lowest BCUT2D eigenvalue weighted by Crippen LogP contribution is -2.35. The molecule has 2 atom stereocenters. The van der Waals surface area contributed by atoms with Gasteiger partial charge in [-0.25, -0.2) is 23.4 Å². The SMILES string of the molecule is C=N/C(=N\C=C(/C)Cl)[C@@H](C)[C@H](C)S(=O)(=O)Nc1nnc(-c2cccc(OC)n2)n1-c1c(OC)cccc1OC. The number of amidine groups is 1. The number of aromatic nitrogens is 4. The highest BCUT2D eigenvalue weighted by atomic mass is 35.5. The van der Waals surface area contributed by atoms with E-state index < -0.39 is 21.2 Å². The number of benzene rings is 1. The predicted molar refractivity (Wildman–Crippen MR) is 152 cm³/mol. The summed E-state index contributed by atoms with van der Waals surface area (Å²) < 4.78 is 47.6. The molecule has 39 heavy (non-hydrogen) atoms. The molecule has 2 aromatic heterocycles. The summed E-state index contributed by atoms with van der Waals surface area (Å²) in [6.45, 7) is 8.36. The highest BCUT2D eigenvalue weighted by Gasteiger charge is 2.33. The molecule has 0 saturated carbocycles. The molecule has 0 fully saturated rings. The Morgan fingerprint density at radius 1 is 1.08 bits per heavy atom. The monoisotopic (exact) mass is 575 g/mol. The maximum absolute atomic E-state index is 13.6. The fourth-order valence-corrected chi connectivity index (χ4v) is 4.87. The van der Waals surface area contributed by atoms with Crippen LogP contribution in [0.3, 0.4) is 0 Å². The molecule has 0 unspecified atom stereocenters. The van der Waals surface area contributed by atoms with Gasteiger partial charge in [-0.05, 0) is 38.8 Å². The second kappa shape index (κ2) is 12.7. The maximum Gasteiger partial charge on any atom is 0.243 e. The van der Waals surface area contributed by atoms with E-state index in [-0.39, 0.29) is 17.6 Å². The number of aliphatic imine (C=N–C) groups is 2. The zero-order chi connectivity index (χ0) is 28.7. The molecule has 0 aliphatic rings. The first-order valence-corrected chi connectivity index (χ1v) is 13.6. The van der Waals surface area contributed by atoms with Crippen molar-refractivity contribution < 1.29 is 22.6 Å². The summed E-state index contributed by atoms with van der Waals surface area (Å²) in [4.78, 5) is 12.5. The Morgan fingerprint density at radius 2 is 1.72 bits per heavy atom. The topological polar surface area (TPSA) is 142 Å². The van der Waals surface area contributed by atoms with Gasteiger partial charge in [-0.1, -0.05) is 30.7 Å². The molecule has 0 spiro atoms. The Labute approximate surface area is 232 Å². The van der Waals surface area contributed by atoms with E-state index >= 15 is 0 Å². The van der Waals surface area contributed by atoms with Gasteiger partial charge in [-0.15, -0.1) is 10.2 Å². The van der Waals surface area contributed by atoms with Crippen molar-refractivity contribution in [1.29, 1.82) is 0 Å². The van der Waals surface area contributed by atoms with Gasteiger partial charge in [0.1, 0.15) is 28.7 Å². The van der Waals surface area contributed by atoms with Crippen LogP contribution in [0, 0.1) is 5.92 Å². The smallest absolute Gasteiger partial charge is 0.243 e. The third kappa shape index (κ3) is 6.55. The Bertz CT molecular complexity index is 1480. The summed E-state index contributed by atoms with van der Waals surface area (Å²) in [5, 5.41) is 7.83. The third-order valence-corrected chi connectivity index (χ3v) is 7.77. The van der Waals surface area contributed by atoms with Gasteiger partial charge in [0.2, 0.25) is 21.9 Å². The van der Waals surface area contributed by atoms with Crippen LogP contribution in [0.15, 0.2) is 57.6 Å². The molecule has 3 rings (SSSR count). The van der Waals surface area contributed by atoms with E-state index in [0.717, 1.165) is 0 Å². The quantitative estimate of drug-likeness (QED) is 0.263. The second-order valence-corrected chi connectivity index (χ2v) is 10.9. The number of ether oxygens (including phenoxy) is 3. The second-order valence-electron chi connectivity index (χ2n) is 8.26. The van der Waals surface area contributed by atoms with E-state index in [2.05, 4.69) is 36.6 Å². The first kappa shape index (κ1) is 29.6. The van der Waals surface area contributed by atoms with Gasteiger partial charge in [0.05, 0.1) is 26.6 Å². The Hall–Kier alpha value is -3.97. The van der Waals surface area contributed by atoms with Crippen LogP contribution in [0.2, 0.25) is 0 Å². The number of sulfonamides is 1. The molecule has 3 aromatic rings. The average Bonchev–Trinajstić information content (AvgIpc) is 3.34. The maximum atomic E-state index is 13.6. The molecule has 1 N–H and O–H groups in total. The van der Waals surface area contributed by atoms with E-state index in [1.807, 2.05) is 0 Å². The minimum Gasteiger partial charge on any atom is -0.494 e. The molecule has 208 valence electrons. The number of para-hydroxylation sites is 1. The number of nitrogens with zero attached hydrogens (tertiary/aromatic N) is 6. The van der Waals surface area contributed by atoms with Crippen LogP contribution in [0.5, 0.6) is 17.4 Å². The van der Waals surface area contributed by atoms with Gasteiger partial charge < -0.3 is 14.2 Å². The van der Waals surface area contributed by atoms with Crippen molar-refractivity contribution in [2.45, 2.75) is 26.0 Å². The third-order valence-electron chi connectivity index (χ3n) is 5.82. The fraction of sp³-hybridized carbons (Fsp3) is 0.320. The Balaban J connectivity index is 2.18. The molecule has 12 nitrogen and oxygen atoms in total. The highest BCUT2D eigenvalue weighted by Crippen LogP contribution is 2.37. The number of hydrogen-bond acceptors (Lipinski definition) is 9. The molecule has 0 bridgehead atoms. The molecule has 0 amide bonds. The van der Waals surface area contributed by atoms with Crippen LogP contribution in [0.1, 0.15) is 20.8 Å².